The summed E-state index contributed by atoms with van der Waals surface area (Å²) in [6.07, 6.45) is 1.95. The highest BCUT2D eigenvalue weighted by Gasteiger charge is 2.26. The number of carbonyl (C=O) groups is 1. The normalized spacial score (nSPS) is 14.9. The molecule has 1 aliphatic rings. The van der Waals surface area contributed by atoms with Gasteiger partial charge in [0.05, 0.1) is 28.6 Å². The maximum absolute atomic E-state index is 13.1. The zero-order chi connectivity index (χ0) is 28.2. The summed E-state index contributed by atoms with van der Waals surface area (Å²) in [5.74, 6) is 0.636. The van der Waals surface area contributed by atoms with Crippen molar-refractivity contribution in [2.75, 3.05) is 6.61 Å². The Kier molecular flexibility index (Phi) is 7.76. The van der Waals surface area contributed by atoms with Crippen molar-refractivity contribution >= 4 is 46.2 Å². The van der Waals surface area contributed by atoms with Gasteiger partial charge in [-0.15, -0.1) is 0 Å². The van der Waals surface area contributed by atoms with Gasteiger partial charge in [0.2, 0.25) is 0 Å². The number of hydrogen-bond donors (Lipinski definition) is 1. The van der Waals surface area contributed by atoms with Crippen LogP contribution in [0.5, 0.6) is 5.75 Å². The van der Waals surface area contributed by atoms with Crippen LogP contribution in [-0.2, 0) is 4.79 Å². The van der Waals surface area contributed by atoms with Crippen LogP contribution >= 0.6 is 23.4 Å². The zero-order valence-corrected chi connectivity index (χ0v) is 23.8. The largest absolute Gasteiger partial charge is 0.494 e. The van der Waals surface area contributed by atoms with E-state index in [-0.39, 0.29) is 5.91 Å². The van der Waals surface area contributed by atoms with E-state index in [0.29, 0.717) is 21.7 Å². The summed E-state index contributed by atoms with van der Waals surface area (Å²) in [7, 11) is 0. The van der Waals surface area contributed by atoms with E-state index in [9.17, 15) is 4.79 Å². The van der Waals surface area contributed by atoms with E-state index in [1.807, 2.05) is 73.7 Å². The van der Waals surface area contributed by atoms with Crippen LogP contribution in [0.1, 0.15) is 12.5 Å². The Morgan fingerprint density at radius 3 is 2.20 bits per heavy atom. The van der Waals surface area contributed by atoms with Gasteiger partial charge in [-0.05, 0) is 90.5 Å². The van der Waals surface area contributed by atoms with Crippen LogP contribution < -0.4 is 10.1 Å². The van der Waals surface area contributed by atoms with Crippen LogP contribution in [0.4, 0.5) is 5.69 Å². The molecule has 1 fully saturated rings. The van der Waals surface area contributed by atoms with Crippen molar-refractivity contribution in [3.05, 3.63) is 131 Å². The fraction of sp³-hybridized carbons (Fsp3) is 0.0588. The smallest absolute Gasteiger partial charge is 0.264 e. The molecule has 41 heavy (non-hydrogen) atoms. The lowest BCUT2D eigenvalue weighted by atomic mass is 10.1. The lowest BCUT2D eigenvalue weighted by Crippen LogP contribution is -2.19. The molecule has 202 valence electrons. The van der Waals surface area contributed by atoms with Gasteiger partial charge in [-0.2, -0.15) is 0 Å². The molecule has 1 N–H and O–H groups in total. The number of rotatable bonds is 7. The number of amidine groups is 1. The number of benzene rings is 4. The van der Waals surface area contributed by atoms with Gasteiger partial charge in [0, 0.05) is 16.3 Å². The van der Waals surface area contributed by atoms with Crippen molar-refractivity contribution in [2.45, 2.75) is 6.92 Å². The van der Waals surface area contributed by atoms with Gasteiger partial charge in [0.25, 0.3) is 5.91 Å². The molecule has 2 heterocycles. The quantitative estimate of drug-likeness (QED) is 0.197. The molecule has 1 aromatic heterocycles. The van der Waals surface area contributed by atoms with Crippen LogP contribution in [0.25, 0.3) is 34.3 Å². The molecule has 6 rings (SSSR count). The Balaban J connectivity index is 1.50. The minimum Gasteiger partial charge on any atom is -0.494 e. The maximum atomic E-state index is 13.1. The standard InChI is InChI=1S/C34H26ClN3O2S/c1-2-40-29-19-17-28(18-20-29)38-30(23-9-5-3-6-10-23)21-25(32(38)24-11-7-4-8-12-24)22-31-33(39)37-34(41-31)36-27-15-13-26(35)14-16-27/h3-22H,2H2,1H3,(H,36,37,39)/b31-22+. The van der Waals surface area contributed by atoms with Crippen LogP contribution in [0.15, 0.2) is 125 Å². The molecule has 0 bridgehead atoms. The Morgan fingerprint density at radius 2 is 1.54 bits per heavy atom. The number of aromatic nitrogens is 1. The number of nitrogens with one attached hydrogen (secondary N) is 1. The summed E-state index contributed by atoms with van der Waals surface area (Å²) in [5.41, 5.74) is 6.73. The Labute approximate surface area is 248 Å². The van der Waals surface area contributed by atoms with Gasteiger partial charge >= 0.3 is 0 Å². The van der Waals surface area contributed by atoms with E-state index in [2.05, 4.69) is 57.3 Å². The average molecular weight is 576 g/mol. The van der Waals surface area contributed by atoms with E-state index in [4.69, 9.17) is 16.3 Å². The first-order valence-corrected chi connectivity index (χ1v) is 14.4. The van der Waals surface area contributed by atoms with Gasteiger partial charge < -0.3 is 14.6 Å². The van der Waals surface area contributed by atoms with Crippen LogP contribution in [-0.4, -0.2) is 22.2 Å². The Morgan fingerprint density at radius 1 is 0.878 bits per heavy atom. The number of hydrogen-bond acceptors (Lipinski definition) is 4. The minimum absolute atomic E-state index is 0.184. The van der Waals surface area contributed by atoms with Gasteiger partial charge in [-0.1, -0.05) is 72.3 Å². The summed E-state index contributed by atoms with van der Waals surface area (Å²) >= 11 is 7.34. The molecular formula is C34H26ClN3O2S. The van der Waals surface area contributed by atoms with Gasteiger partial charge in [0.1, 0.15) is 5.75 Å². The third-order valence-electron chi connectivity index (χ3n) is 6.55. The van der Waals surface area contributed by atoms with Gasteiger partial charge in [0.15, 0.2) is 5.17 Å². The summed E-state index contributed by atoms with van der Waals surface area (Å²) < 4.78 is 7.95. The van der Waals surface area contributed by atoms with E-state index in [0.717, 1.165) is 45.2 Å². The molecule has 0 atom stereocenters. The molecule has 7 heteroatoms. The highest BCUT2D eigenvalue weighted by atomic mass is 35.5. The van der Waals surface area contributed by atoms with Crippen molar-refractivity contribution in [1.29, 1.82) is 0 Å². The molecule has 1 amide bonds. The second kappa shape index (κ2) is 11.9. The molecular weight excluding hydrogens is 550 g/mol. The molecule has 0 spiro atoms. The van der Waals surface area contributed by atoms with Gasteiger partial charge in [-0.3, -0.25) is 4.79 Å². The predicted octanol–water partition coefficient (Wildman–Crippen LogP) is 8.76. The Hall–Kier alpha value is -4.52. The highest BCUT2D eigenvalue weighted by molar-refractivity contribution is 8.18. The molecule has 0 aliphatic carbocycles. The number of nitrogens with zero attached hydrogens (tertiary/aromatic N) is 2. The number of amides is 1. The van der Waals surface area contributed by atoms with Crippen molar-refractivity contribution in [2.24, 2.45) is 4.99 Å². The second-order valence-corrected chi connectivity index (χ2v) is 10.8. The van der Waals surface area contributed by atoms with Crippen molar-refractivity contribution in [3.63, 3.8) is 0 Å². The average Bonchev–Trinajstić information content (AvgIpc) is 3.55. The first-order chi connectivity index (χ1) is 20.1. The SMILES string of the molecule is CCOc1ccc(-n2c(-c3ccccc3)cc(/C=C3/SC(=Nc4ccc(Cl)cc4)NC3=O)c2-c2ccccc2)cc1. The third kappa shape index (κ3) is 5.85. The number of ether oxygens (including phenoxy) is 1. The van der Waals surface area contributed by atoms with Crippen molar-refractivity contribution in [3.8, 4) is 34.0 Å². The number of aliphatic imine (C=N–C) groups is 1. The fourth-order valence-electron chi connectivity index (χ4n) is 4.73. The lowest BCUT2D eigenvalue weighted by Gasteiger charge is -2.16. The summed E-state index contributed by atoms with van der Waals surface area (Å²) in [6.45, 7) is 2.58. The van der Waals surface area contributed by atoms with E-state index in [1.54, 1.807) is 12.1 Å². The van der Waals surface area contributed by atoms with Crippen molar-refractivity contribution < 1.29 is 9.53 Å². The zero-order valence-electron chi connectivity index (χ0n) is 22.3. The van der Waals surface area contributed by atoms with E-state index in [1.165, 1.54) is 11.8 Å². The molecule has 1 aliphatic heterocycles. The third-order valence-corrected chi connectivity index (χ3v) is 7.71. The van der Waals surface area contributed by atoms with Crippen molar-refractivity contribution in [1.82, 2.24) is 9.88 Å². The molecule has 4 aromatic carbocycles. The molecule has 0 radical (unpaired) electrons. The summed E-state index contributed by atoms with van der Waals surface area (Å²) in [6, 6.07) is 37.9. The topological polar surface area (TPSA) is 55.6 Å². The van der Waals surface area contributed by atoms with E-state index < -0.39 is 0 Å². The Bertz CT molecular complexity index is 1740. The molecule has 5 aromatic rings. The second-order valence-electron chi connectivity index (χ2n) is 9.29. The van der Waals surface area contributed by atoms with E-state index >= 15 is 0 Å². The number of carbonyl (C=O) groups excluding carboxylic acids is 1. The first-order valence-electron chi connectivity index (χ1n) is 13.2. The summed E-state index contributed by atoms with van der Waals surface area (Å²) in [5, 5.41) is 4.06. The minimum atomic E-state index is -0.184. The number of halogens is 1. The first kappa shape index (κ1) is 26.7. The highest BCUT2D eigenvalue weighted by Crippen LogP contribution is 2.39. The molecule has 1 saturated heterocycles. The fourth-order valence-corrected chi connectivity index (χ4v) is 5.69. The van der Waals surface area contributed by atoms with Crippen LogP contribution in [0.3, 0.4) is 0 Å². The van der Waals surface area contributed by atoms with Crippen LogP contribution in [0, 0.1) is 0 Å². The maximum Gasteiger partial charge on any atom is 0.264 e. The summed E-state index contributed by atoms with van der Waals surface area (Å²) in [4.78, 5) is 18.3. The molecule has 0 saturated carbocycles. The van der Waals surface area contributed by atoms with Crippen LogP contribution in [0.2, 0.25) is 5.02 Å². The molecule has 0 unspecified atom stereocenters. The molecule has 5 nitrogen and oxygen atoms in total. The monoisotopic (exact) mass is 575 g/mol. The lowest BCUT2D eigenvalue weighted by molar-refractivity contribution is -0.115. The van der Waals surface area contributed by atoms with Gasteiger partial charge in [-0.25, -0.2) is 4.99 Å². The number of thioether (sulfide) groups is 1. The predicted molar refractivity (Wildman–Crippen MR) is 170 cm³/mol.